The average molecular weight is 233 g/mol. The van der Waals surface area contributed by atoms with Crippen LogP contribution in [0.15, 0.2) is 5.38 Å². The predicted molar refractivity (Wildman–Crippen MR) is 57.6 cm³/mol. The summed E-state index contributed by atoms with van der Waals surface area (Å²) in [6, 6.07) is 0. The van der Waals surface area contributed by atoms with Crippen molar-refractivity contribution in [2.45, 2.75) is 24.9 Å². The largest absolute Gasteiger partial charge is 0.392 e. The Bertz CT molecular complexity index is 305. The Balaban J connectivity index is 1.90. The molecule has 1 atom stereocenters. The number of aliphatic hydroxyl groups excluding tert-OH is 1. The fourth-order valence-corrected chi connectivity index (χ4v) is 2.69. The Kier molecular flexibility index (Phi) is 3.38. The van der Waals surface area contributed by atoms with E-state index in [1.54, 1.807) is 11.3 Å². The zero-order valence-corrected chi connectivity index (χ0v) is 9.39. The van der Waals surface area contributed by atoms with Crippen molar-refractivity contribution in [3.05, 3.63) is 16.1 Å². The molecule has 3 nitrogen and oxygen atoms in total. The molecule has 1 aromatic heterocycles. The number of nitrogens with zero attached hydrogens (tertiary/aromatic N) is 2. The topological polar surface area (TPSA) is 36.4 Å². The first kappa shape index (κ1) is 10.4. The van der Waals surface area contributed by atoms with Crippen molar-refractivity contribution in [1.29, 1.82) is 0 Å². The highest BCUT2D eigenvalue weighted by molar-refractivity contribution is 7.09. The average Bonchev–Trinajstić information content (AvgIpc) is 2.76. The number of thiazole rings is 1. The van der Waals surface area contributed by atoms with Crippen LogP contribution < -0.4 is 0 Å². The van der Waals surface area contributed by atoms with Gasteiger partial charge in [0.15, 0.2) is 0 Å². The Morgan fingerprint density at radius 3 is 3.14 bits per heavy atom. The minimum absolute atomic E-state index is 0.151. The Hall–Kier alpha value is -0.160. The van der Waals surface area contributed by atoms with E-state index < -0.39 is 0 Å². The fourth-order valence-electron chi connectivity index (χ4n) is 1.63. The second-order valence-electron chi connectivity index (χ2n) is 3.54. The molecule has 0 bridgehead atoms. The summed E-state index contributed by atoms with van der Waals surface area (Å²) in [7, 11) is 0. The second-order valence-corrected chi connectivity index (χ2v) is 4.75. The van der Waals surface area contributed by atoms with Crippen molar-refractivity contribution in [1.82, 2.24) is 9.88 Å². The normalized spacial score (nSPS) is 23.1. The van der Waals surface area contributed by atoms with E-state index in [-0.39, 0.29) is 6.10 Å². The summed E-state index contributed by atoms with van der Waals surface area (Å²) in [4.78, 5) is 6.60. The number of hydrogen-bond donors (Lipinski definition) is 1. The van der Waals surface area contributed by atoms with Gasteiger partial charge in [-0.25, -0.2) is 4.98 Å². The molecule has 14 heavy (non-hydrogen) atoms. The van der Waals surface area contributed by atoms with Crippen LogP contribution in [0.5, 0.6) is 0 Å². The molecule has 5 heteroatoms. The quantitative estimate of drug-likeness (QED) is 0.802. The molecule has 0 aliphatic carbocycles. The lowest BCUT2D eigenvalue weighted by molar-refractivity contribution is 0.174. The van der Waals surface area contributed by atoms with E-state index in [0.717, 1.165) is 36.8 Å². The number of alkyl halides is 1. The van der Waals surface area contributed by atoms with E-state index >= 15 is 0 Å². The maximum atomic E-state index is 9.35. The molecule has 1 N–H and O–H groups in total. The molecule has 78 valence electrons. The van der Waals surface area contributed by atoms with E-state index in [1.807, 2.05) is 5.38 Å². The molecule has 0 spiro atoms. The van der Waals surface area contributed by atoms with Crippen molar-refractivity contribution >= 4 is 22.9 Å². The van der Waals surface area contributed by atoms with Gasteiger partial charge in [-0.1, -0.05) is 0 Å². The van der Waals surface area contributed by atoms with E-state index in [4.69, 9.17) is 11.6 Å². The van der Waals surface area contributed by atoms with Gasteiger partial charge in [0.2, 0.25) is 0 Å². The summed E-state index contributed by atoms with van der Waals surface area (Å²) in [5, 5.41) is 12.4. The number of hydrogen-bond acceptors (Lipinski definition) is 4. The molecule has 2 rings (SSSR count). The summed E-state index contributed by atoms with van der Waals surface area (Å²) in [5.41, 5.74) is 0.950. The van der Waals surface area contributed by atoms with Crippen LogP contribution in [0.3, 0.4) is 0 Å². The maximum absolute atomic E-state index is 9.35. The number of β-amino-alcohol motifs (C(OH)–C–C–N with tert-alkyl or cyclic N) is 1. The third-order valence-electron chi connectivity index (χ3n) is 2.34. The lowest BCUT2D eigenvalue weighted by atomic mass is 10.3. The van der Waals surface area contributed by atoms with Gasteiger partial charge < -0.3 is 5.11 Å². The lowest BCUT2D eigenvalue weighted by Crippen LogP contribution is -2.21. The summed E-state index contributed by atoms with van der Waals surface area (Å²) >= 11 is 7.31. The lowest BCUT2D eigenvalue weighted by Gasteiger charge is -2.11. The van der Waals surface area contributed by atoms with Crippen LogP contribution in [-0.4, -0.2) is 34.2 Å². The smallest absolute Gasteiger partial charge is 0.107 e. The predicted octanol–water partition coefficient (Wildman–Crippen LogP) is 1.45. The third kappa shape index (κ3) is 2.45. The van der Waals surface area contributed by atoms with E-state index in [1.165, 1.54) is 0 Å². The molecule has 0 saturated carbocycles. The van der Waals surface area contributed by atoms with Gasteiger partial charge in [0.05, 0.1) is 24.2 Å². The molecule has 1 fully saturated rings. The number of aromatic nitrogens is 1. The first-order valence-corrected chi connectivity index (χ1v) is 6.09. The van der Waals surface area contributed by atoms with Crippen molar-refractivity contribution in [3.63, 3.8) is 0 Å². The van der Waals surface area contributed by atoms with Crippen LogP contribution in [0.25, 0.3) is 0 Å². The Morgan fingerprint density at radius 1 is 1.71 bits per heavy atom. The van der Waals surface area contributed by atoms with Gasteiger partial charge in [-0.15, -0.1) is 22.9 Å². The molecule has 1 unspecified atom stereocenters. The number of aliphatic hydroxyl groups is 1. The van der Waals surface area contributed by atoms with E-state index in [9.17, 15) is 5.11 Å². The standard InChI is InChI=1S/C9H13ClN2OS/c10-3-7-6-14-9(11-7)5-12-2-1-8(13)4-12/h6,8,13H,1-5H2. The van der Waals surface area contributed by atoms with Crippen LogP contribution in [0.2, 0.25) is 0 Å². The first-order chi connectivity index (χ1) is 6.78. The van der Waals surface area contributed by atoms with Gasteiger partial charge in [0, 0.05) is 18.5 Å². The molecule has 1 aliphatic rings. The second kappa shape index (κ2) is 4.57. The molecular formula is C9H13ClN2OS. The van der Waals surface area contributed by atoms with Crippen molar-refractivity contribution in [3.8, 4) is 0 Å². The molecule has 0 aromatic carbocycles. The summed E-state index contributed by atoms with van der Waals surface area (Å²) in [6.45, 7) is 2.59. The summed E-state index contributed by atoms with van der Waals surface area (Å²) in [6.07, 6.45) is 0.732. The Morgan fingerprint density at radius 2 is 2.57 bits per heavy atom. The summed E-state index contributed by atoms with van der Waals surface area (Å²) < 4.78 is 0. The molecule has 0 amide bonds. The maximum Gasteiger partial charge on any atom is 0.107 e. The van der Waals surface area contributed by atoms with Crippen LogP contribution in [-0.2, 0) is 12.4 Å². The van der Waals surface area contributed by atoms with Crippen molar-refractivity contribution in [2.24, 2.45) is 0 Å². The zero-order valence-electron chi connectivity index (χ0n) is 7.82. The van der Waals surface area contributed by atoms with Gasteiger partial charge in [-0.2, -0.15) is 0 Å². The number of rotatable bonds is 3. The van der Waals surface area contributed by atoms with Gasteiger partial charge in [-0.05, 0) is 6.42 Å². The first-order valence-electron chi connectivity index (χ1n) is 4.67. The zero-order chi connectivity index (χ0) is 9.97. The highest BCUT2D eigenvalue weighted by Gasteiger charge is 2.20. The van der Waals surface area contributed by atoms with E-state index in [2.05, 4.69) is 9.88 Å². The van der Waals surface area contributed by atoms with Crippen molar-refractivity contribution < 1.29 is 5.11 Å². The van der Waals surface area contributed by atoms with Gasteiger partial charge in [0.25, 0.3) is 0 Å². The third-order valence-corrected chi connectivity index (χ3v) is 3.50. The van der Waals surface area contributed by atoms with Crippen LogP contribution >= 0.6 is 22.9 Å². The monoisotopic (exact) mass is 232 g/mol. The minimum Gasteiger partial charge on any atom is -0.392 e. The molecule has 2 heterocycles. The highest BCUT2D eigenvalue weighted by Crippen LogP contribution is 2.17. The Labute approximate surface area is 92.3 Å². The highest BCUT2D eigenvalue weighted by atomic mass is 35.5. The molecule has 1 aromatic rings. The fraction of sp³-hybridized carbons (Fsp3) is 0.667. The molecule has 1 saturated heterocycles. The van der Waals surface area contributed by atoms with Crippen LogP contribution in [0, 0.1) is 0 Å². The van der Waals surface area contributed by atoms with Crippen LogP contribution in [0.4, 0.5) is 0 Å². The number of halogens is 1. The minimum atomic E-state index is -0.151. The molecular weight excluding hydrogens is 220 g/mol. The summed E-state index contributed by atoms with van der Waals surface area (Å²) in [5.74, 6) is 0.485. The van der Waals surface area contributed by atoms with Gasteiger partial charge >= 0.3 is 0 Å². The SMILES string of the molecule is OC1CCN(Cc2nc(CCl)cs2)C1. The number of likely N-dealkylation sites (tertiary alicyclic amines) is 1. The van der Waals surface area contributed by atoms with Gasteiger partial charge in [-0.3, -0.25) is 4.90 Å². The van der Waals surface area contributed by atoms with E-state index in [0.29, 0.717) is 5.88 Å². The molecule has 1 aliphatic heterocycles. The molecule has 0 radical (unpaired) electrons. The van der Waals surface area contributed by atoms with Crippen LogP contribution in [0.1, 0.15) is 17.1 Å². The van der Waals surface area contributed by atoms with Crippen molar-refractivity contribution in [2.75, 3.05) is 13.1 Å². The van der Waals surface area contributed by atoms with Gasteiger partial charge in [0.1, 0.15) is 5.01 Å².